The molecule has 1 aromatic rings. The molecule has 18 heavy (non-hydrogen) atoms. The average molecular weight is 248 g/mol. The molecule has 0 spiro atoms. The number of rotatable bonds is 6. The van der Waals surface area contributed by atoms with Crippen molar-refractivity contribution < 1.29 is 4.79 Å². The van der Waals surface area contributed by atoms with Crippen molar-refractivity contribution in [3.8, 4) is 0 Å². The minimum Gasteiger partial charge on any atom is -0.354 e. The monoisotopic (exact) mass is 248 g/mol. The number of carbonyl (C=O) groups excluding carboxylic acids is 1. The summed E-state index contributed by atoms with van der Waals surface area (Å²) in [7, 11) is 0. The van der Waals surface area contributed by atoms with Crippen LogP contribution in [0.1, 0.15) is 37.8 Å². The van der Waals surface area contributed by atoms with E-state index >= 15 is 0 Å². The maximum absolute atomic E-state index is 11.7. The van der Waals surface area contributed by atoms with Crippen LogP contribution in [0.25, 0.3) is 0 Å². The van der Waals surface area contributed by atoms with Gasteiger partial charge in [-0.1, -0.05) is 29.8 Å². The molecule has 0 radical (unpaired) electrons. The van der Waals surface area contributed by atoms with E-state index in [2.05, 4.69) is 30.4 Å². The summed E-state index contributed by atoms with van der Waals surface area (Å²) in [6.07, 6.45) is 2.14. The molecule has 0 fully saturated rings. The summed E-state index contributed by atoms with van der Waals surface area (Å²) >= 11 is 0. The fourth-order valence-electron chi connectivity index (χ4n) is 2.09. The van der Waals surface area contributed by atoms with Crippen LogP contribution >= 0.6 is 0 Å². The average Bonchev–Trinajstić information content (AvgIpc) is 2.25. The van der Waals surface area contributed by atoms with Crippen molar-refractivity contribution in [2.75, 3.05) is 0 Å². The molecule has 0 aromatic heterocycles. The molecule has 0 heterocycles. The highest BCUT2D eigenvalue weighted by molar-refractivity contribution is 5.76. The first-order chi connectivity index (χ1) is 8.47. The lowest BCUT2D eigenvalue weighted by molar-refractivity contribution is -0.121. The largest absolute Gasteiger partial charge is 0.354 e. The van der Waals surface area contributed by atoms with Crippen LogP contribution in [0.3, 0.4) is 0 Å². The molecule has 0 saturated carbocycles. The van der Waals surface area contributed by atoms with E-state index in [1.165, 1.54) is 11.1 Å². The van der Waals surface area contributed by atoms with Crippen molar-refractivity contribution in [3.05, 3.63) is 35.4 Å². The van der Waals surface area contributed by atoms with E-state index in [0.717, 1.165) is 12.8 Å². The Morgan fingerprint density at radius 2 is 2.11 bits per heavy atom. The standard InChI is InChI=1S/C15H24N2O/c1-11-5-4-6-14(9-11)7-8-15(18)17-13(3)10-12(2)16/h4-6,9,12-13H,7-8,10,16H2,1-3H3,(H,17,18). The van der Waals surface area contributed by atoms with Crippen molar-refractivity contribution in [2.45, 2.75) is 52.1 Å². The molecule has 0 bridgehead atoms. The summed E-state index contributed by atoms with van der Waals surface area (Å²) < 4.78 is 0. The van der Waals surface area contributed by atoms with Gasteiger partial charge in [-0.3, -0.25) is 4.79 Å². The second kappa shape index (κ2) is 7.17. The van der Waals surface area contributed by atoms with Crippen LogP contribution in [-0.2, 0) is 11.2 Å². The molecule has 1 amide bonds. The molecule has 0 aliphatic heterocycles. The highest BCUT2D eigenvalue weighted by Gasteiger charge is 2.09. The summed E-state index contributed by atoms with van der Waals surface area (Å²) in [4.78, 5) is 11.7. The number of nitrogens with two attached hydrogens (primary N) is 1. The maximum Gasteiger partial charge on any atom is 0.220 e. The summed E-state index contributed by atoms with van der Waals surface area (Å²) in [5, 5.41) is 2.98. The first-order valence-electron chi connectivity index (χ1n) is 6.58. The second-order valence-corrected chi connectivity index (χ2v) is 5.17. The summed E-state index contributed by atoms with van der Waals surface area (Å²) in [6, 6.07) is 8.55. The predicted molar refractivity (Wildman–Crippen MR) is 75.4 cm³/mol. The number of hydrogen-bond acceptors (Lipinski definition) is 2. The van der Waals surface area contributed by atoms with Crippen molar-refractivity contribution >= 4 is 5.91 Å². The molecule has 1 rings (SSSR count). The summed E-state index contributed by atoms with van der Waals surface area (Å²) in [6.45, 7) is 6.01. The minimum absolute atomic E-state index is 0.102. The molecular weight excluding hydrogens is 224 g/mol. The van der Waals surface area contributed by atoms with E-state index in [4.69, 9.17) is 5.73 Å². The van der Waals surface area contributed by atoms with E-state index in [9.17, 15) is 4.79 Å². The zero-order valence-electron chi connectivity index (χ0n) is 11.6. The number of nitrogens with one attached hydrogen (secondary N) is 1. The van der Waals surface area contributed by atoms with E-state index in [1.807, 2.05) is 19.9 Å². The molecule has 2 atom stereocenters. The highest BCUT2D eigenvalue weighted by Crippen LogP contribution is 2.06. The minimum atomic E-state index is 0.102. The first-order valence-corrected chi connectivity index (χ1v) is 6.58. The van der Waals surface area contributed by atoms with Gasteiger partial charge in [0.15, 0.2) is 0 Å². The van der Waals surface area contributed by atoms with Gasteiger partial charge in [0.05, 0.1) is 0 Å². The zero-order valence-corrected chi connectivity index (χ0v) is 11.6. The van der Waals surface area contributed by atoms with Gasteiger partial charge in [0.25, 0.3) is 0 Å². The van der Waals surface area contributed by atoms with Crippen LogP contribution in [0.5, 0.6) is 0 Å². The third-order valence-corrected chi connectivity index (χ3v) is 2.86. The van der Waals surface area contributed by atoms with Crippen LogP contribution in [0.2, 0.25) is 0 Å². The Morgan fingerprint density at radius 1 is 1.39 bits per heavy atom. The summed E-state index contributed by atoms with van der Waals surface area (Å²) in [5.41, 5.74) is 8.15. The molecule has 100 valence electrons. The first kappa shape index (κ1) is 14.7. The highest BCUT2D eigenvalue weighted by atomic mass is 16.1. The molecule has 1 aromatic carbocycles. The second-order valence-electron chi connectivity index (χ2n) is 5.17. The Hall–Kier alpha value is -1.35. The quantitative estimate of drug-likeness (QED) is 0.810. The van der Waals surface area contributed by atoms with E-state index in [0.29, 0.717) is 6.42 Å². The smallest absolute Gasteiger partial charge is 0.220 e. The Labute approximate surface area is 110 Å². The van der Waals surface area contributed by atoms with Gasteiger partial charge < -0.3 is 11.1 Å². The van der Waals surface area contributed by atoms with Gasteiger partial charge in [-0.2, -0.15) is 0 Å². The molecule has 3 heteroatoms. The van der Waals surface area contributed by atoms with Gasteiger partial charge >= 0.3 is 0 Å². The van der Waals surface area contributed by atoms with Crippen molar-refractivity contribution in [1.29, 1.82) is 0 Å². The topological polar surface area (TPSA) is 55.1 Å². The normalized spacial score (nSPS) is 14.0. The van der Waals surface area contributed by atoms with Crippen molar-refractivity contribution in [3.63, 3.8) is 0 Å². The van der Waals surface area contributed by atoms with Gasteiger partial charge in [0, 0.05) is 18.5 Å². The molecule has 0 saturated heterocycles. The molecule has 0 aliphatic carbocycles. The molecule has 3 nitrogen and oxygen atoms in total. The van der Waals surface area contributed by atoms with Crippen LogP contribution in [0, 0.1) is 6.92 Å². The van der Waals surface area contributed by atoms with Gasteiger partial charge in [0.2, 0.25) is 5.91 Å². The fraction of sp³-hybridized carbons (Fsp3) is 0.533. The Bertz CT molecular complexity index is 388. The molecule has 0 aliphatic rings. The van der Waals surface area contributed by atoms with Gasteiger partial charge in [-0.05, 0) is 39.2 Å². The molecular formula is C15H24N2O. The maximum atomic E-state index is 11.7. The van der Waals surface area contributed by atoms with Crippen molar-refractivity contribution in [1.82, 2.24) is 5.32 Å². The Morgan fingerprint density at radius 3 is 2.72 bits per heavy atom. The van der Waals surface area contributed by atoms with Crippen molar-refractivity contribution in [2.24, 2.45) is 5.73 Å². The van der Waals surface area contributed by atoms with Crippen LogP contribution < -0.4 is 11.1 Å². The zero-order chi connectivity index (χ0) is 13.5. The van der Waals surface area contributed by atoms with Crippen LogP contribution in [0.4, 0.5) is 0 Å². The number of aryl methyl sites for hydroxylation is 2. The van der Waals surface area contributed by atoms with E-state index in [1.54, 1.807) is 0 Å². The lowest BCUT2D eigenvalue weighted by Crippen LogP contribution is -2.36. The van der Waals surface area contributed by atoms with Crippen LogP contribution in [-0.4, -0.2) is 18.0 Å². The number of benzene rings is 1. The van der Waals surface area contributed by atoms with Gasteiger partial charge in [-0.25, -0.2) is 0 Å². The number of amides is 1. The fourth-order valence-corrected chi connectivity index (χ4v) is 2.09. The third-order valence-electron chi connectivity index (χ3n) is 2.86. The third kappa shape index (κ3) is 5.82. The lowest BCUT2D eigenvalue weighted by atomic mass is 10.1. The number of carbonyl (C=O) groups is 1. The number of hydrogen-bond donors (Lipinski definition) is 2. The SMILES string of the molecule is Cc1cccc(CCC(=O)NC(C)CC(C)N)c1. The van der Waals surface area contributed by atoms with E-state index < -0.39 is 0 Å². The van der Waals surface area contributed by atoms with Crippen LogP contribution in [0.15, 0.2) is 24.3 Å². The summed E-state index contributed by atoms with van der Waals surface area (Å²) in [5.74, 6) is 0.102. The Kier molecular flexibility index (Phi) is 5.86. The predicted octanol–water partition coefficient (Wildman–Crippen LogP) is 2.17. The van der Waals surface area contributed by atoms with E-state index in [-0.39, 0.29) is 18.0 Å². The Balaban J connectivity index is 2.33. The lowest BCUT2D eigenvalue weighted by Gasteiger charge is -2.15. The molecule has 3 N–H and O–H groups in total. The van der Waals surface area contributed by atoms with Gasteiger partial charge in [0.1, 0.15) is 0 Å². The van der Waals surface area contributed by atoms with Gasteiger partial charge in [-0.15, -0.1) is 0 Å². The molecule has 2 unspecified atom stereocenters.